The molecule has 9 heteroatoms. The Balaban J connectivity index is 1.83. The van der Waals surface area contributed by atoms with Gasteiger partial charge in [0, 0.05) is 18.1 Å². The van der Waals surface area contributed by atoms with Crippen LogP contribution in [0.2, 0.25) is 5.02 Å². The van der Waals surface area contributed by atoms with Gasteiger partial charge in [0.15, 0.2) is 0 Å². The van der Waals surface area contributed by atoms with Crippen LogP contribution >= 0.6 is 11.6 Å². The lowest BCUT2D eigenvalue weighted by atomic mass is 10.1. The molecule has 30 heavy (non-hydrogen) atoms. The fourth-order valence-corrected chi connectivity index (χ4v) is 4.49. The summed E-state index contributed by atoms with van der Waals surface area (Å²) in [6.45, 7) is 2.69. The van der Waals surface area contributed by atoms with Crippen LogP contribution in [0.25, 0.3) is 0 Å². The second-order valence-corrected chi connectivity index (χ2v) is 9.64. The molecule has 0 atom stereocenters. The van der Waals surface area contributed by atoms with E-state index in [1.54, 1.807) is 48.2 Å². The van der Waals surface area contributed by atoms with Crippen molar-refractivity contribution >= 4 is 44.8 Å². The van der Waals surface area contributed by atoms with E-state index >= 15 is 0 Å². The van der Waals surface area contributed by atoms with E-state index in [0.29, 0.717) is 40.6 Å². The van der Waals surface area contributed by atoms with Gasteiger partial charge in [0.2, 0.25) is 15.9 Å². The Labute approximate surface area is 181 Å². The van der Waals surface area contributed by atoms with Crippen molar-refractivity contribution in [2.75, 3.05) is 35.5 Å². The molecule has 2 amide bonds. The van der Waals surface area contributed by atoms with Crippen molar-refractivity contribution in [1.82, 2.24) is 4.90 Å². The molecule has 0 radical (unpaired) electrons. The highest BCUT2D eigenvalue weighted by Gasteiger charge is 2.25. The minimum absolute atomic E-state index is 0.144. The van der Waals surface area contributed by atoms with E-state index < -0.39 is 22.5 Å². The number of likely N-dealkylation sites (tertiary alicyclic amines) is 1. The first-order valence-electron chi connectivity index (χ1n) is 9.59. The number of halogens is 1. The normalized spacial score (nSPS) is 13.9. The number of amides is 2. The van der Waals surface area contributed by atoms with Crippen LogP contribution in [0.5, 0.6) is 0 Å². The van der Waals surface area contributed by atoms with Gasteiger partial charge in [-0.05, 0) is 49.6 Å². The van der Waals surface area contributed by atoms with Gasteiger partial charge in [0.1, 0.15) is 6.54 Å². The first kappa shape index (κ1) is 22.1. The van der Waals surface area contributed by atoms with Gasteiger partial charge >= 0.3 is 0 Å². The lowest BCUT2D eigenvalue weighted by molar-refractivity contribution is -0.114. The van der Waals surface area contributed by atoms with Gasteiger partial charge in [-0.25, -0.2) is 8.42 Å². The molecule has 0 aliphatic carbocycles. The van der Waals surface area contributed by atoms with Crippen LogP contribution in [0.4, 0.5) is 11.4 Å². The van der Waals surface area contributed by atoms with Crippen molar-refractivity contribution in [3.8, 4) is 0 Å². The maximum absolute atomic E-state index is 12.8. The second kappa shape index (κ2) is 9.06. The molecule has 0 spiro atoms. The smallest absolute Gasteiger partial charge is 0.255 e. The molecule has 160 valence electrons. The third-order valence-corrected chi connectivity index (χ3v) is 6.31. The number of hydrogen-bond donors (Lipinski definition) is 1. The first-order valence-corrected chi connectivity index (χ1v) is 11.8. The molecule has 3 rings (SSSR count). The van der Waals surface area contributed by atoms with Gasteiger partial charge in [-0.2, -0.15) is 0 Å². The molecule has 1 fully saturated rings. The van der Waals surface area contributed by atoms with Crippen LogP contribution in [-0.4, -0.2) is 51.0 Å². The molecule has 1 heterocycles. The van der Waals surface area contributed by atoms with Crippen molar-refractivity contribution in [2.24, 2.45) is 0 Å². The van der Waals surface area contributed by atoms with E-state index in [0.717, 1.165) is 23.4 Å². The van der Waals surface area contributed by atoms with E-state index in [2.05, 4.69) is 5.32 Å². The number of carbonyl (C=O) groups excluding carboxylic acids is 2. The number of nitrogens with one attached hydrogen (secondary N) is 1. The number of carbonyl (C=O) groups is 2. The van der Waals surface area contributed by atoms with Gasteiger partial charge in [0.25, 0.3) is 5.91 Å². The molecule has 0 saturated carbocycles. The third-order valence-electron chi connectivity index (χ3n) is 4.95. The fourth-order valence-electron chi connectivity index (χ4n) is 3.42. The molecular formula is C21H24ClN3O4S. The number of anilines is 2. The first-order chi connectivity index (χ1) is 14.2. The average molecular weight is 450 g/mol. The molecule has 0 unspecified atom stereocenters. The number of sulfonamides is 1. The van der Waals surface area contributed by atoms with Crippen LogP contribution in [0.15, 0.2) is 42.5 Å². The van der Waals surface area contributed by atoms with Gasteiger partial charge < -0.3 is 10.2 Å². The van der Waals surface area contributed by atoms with Crippen molar-refractivity contribution < 1.29 is 18.0 Å². The van der Waals surface area contributed by atoms with Gasteiger partial charge in [0.05, 0.1) is 23.2 Å². The van der Waals surface area contributed by atoms with Gasteiger partial charge in [-0.15, -0.1) is 0 Å². The molecule has 0 bridgehead atoms. The molecule has 1 N–H and O–H groups in total. The summed E-state index contributed by atoms with van der Waals surface area (Å²) in [5, 5.41) is 3.06. The van der Waals surface area contributed by atoms with Crippen LogP contribution in [0.3, 0.4) is 0 Å². The second-order valence-electron chi connectivity index (χ2n) is 7.29. The number of aryl methyl sites for hydroxylation is 1. The van der Waals surface area contributed by atoms with Crippen LogP contribution in [0, 0.1) is 6.92 Å². The Kier molecular flexibility index (Phi) is 6.67. The van der Waals surface area contributed by atoms with Crippen molar-refractivity contribution in [3.63, 3.8) is 0 Å². The maximum Gasteiger partial charge on any atom is 0.255 e. The maximum atomic E-state index is 12.8. The van der Waals surface area contributed by atoms with Crippen LogP contribution in [-0.2, 0) is 14.8 Å². The zero-order valence-corrected chi connectivity index (χ0v) is 18.5. The predicted octanol–water partition coefficient (Wildman–Crippen LogP) is 3.29. The van der Waals surface area contributed by atoms with Crippen molar-refractivity contribution in [1.29, 1.82) is 0 Å². The zero-order chi connectivity index (χ0) is 21.9. The highest BCUT2D eigenvalue weighted by atomic mass is 35.5. The summed E-state index contributed by atoms with van der Waals surface area (Å²) in [6, 6.07) is 11.6. The standard InChI is InChI=1S/C21H24ClN3O4S/c1-15-9-10-16(22)13-19(15)25(30(2,28)29)14-20(26)23-18-8-4-3-7-17(18)21(27)24-11-5-6-12-24/h3-4,7-10,13H,5-6,11-12,14H2,1-2H3,(H,23,26). The largest absolute Gasteiger partial charge is 0.339 e. The van der Waals surface area contributed by atoms with E-state index in [4.69, 9.17) is 11.6 Å². The summed E-state index contributed by atoms with van der Waals surface area (Å²) in [5.74, 6) is -0.699. The monoisotopic (exact) mass is 449 g/mol. The minimum atomic E-state index is -3.75. The van der Waals surface area contributed by atoms with E-state index in [1.807, 2.05) is 0 Å². The quantitative estimate of drug-likeness (QED) is 0.733. The SMILES string of the molecule is Cc1ccc(Cl)cc1N(CC(=O)Nc1ccccc1C(=O)N1CCCC1)S(C)(=O)=O. The molecule has 1 aliphatic heterocycles. The van der Waals surface area contributed by atoms with Crippen molar-refractivity contribution in [2.45, 2.75) is 19.8 Å². The summed E-state index contributed by atoms with van der Waals surface area (Å²) in [6.07, 6.45) is 2.95. The number of benzene rings is 2. The Morgan fingerprint density at radius 2 is 1.80 bits per heavy atom. The number of hydrogen-bond acceptors (Lipinski definition) is 4. The molecule has 0 aromatic heterocycles. The Bertz CT molecular complexity index is 1070. The Morgan fingerprint density at radius 3 is 2.47 bits per heavy atom. The lowest BCUT2D eigenvalue weighted by Gasteiger charge is -2.24. The number of nitrogens with zero attached hydrogens (tertiary/aromatic N) is 2. The van der Waals surface area contributed by atoms with Gasteiger partial charge in [-0.3, -0.25) is 13.9 Å². The molecular weight excluding hydrogens is 426 g/mol. The van der Waals surface area contributed by atoms with Crippen LogP contribution in [0.1, 0.15) is 28.8 Å². The number of para-hydroxylation sites is 1. The highest BCUT2D eigenvalue weighted by molar-refractivity contribution is 7.92. The summed E-state index contributed by atoms with van der Waals surface area (Å²) in [4.78, 5) is 27.3. The number of rotatable bonds is 6. The molecule has 1 saturated heterocycles. The average Bonchev–Trinajstić information content (AvgIpc) is 3.22. The molecule has 1 aliphatic rings. The third kappa shape index (κ3) is 5.12. The van der Waals surface area contributed by atoms with Crippen molar-refractivity contribution in [3.05, 3.63) is 58.6 Å². The summed E-state index contributed by atoms with van der Waals surface area (Å²) in [5.41, 5.74) is 1.75. The molecule has 2 aromatic rings. The zero-order valence-electron chi connectivity index (χ0n) is 16.9. The lowest BCUT2D eigenvalue weighted by Crippen LogP contribution is -2.38. The minimum Gasteiger partial charge on any atom is -0.339 e. The Hall–Kier alpha value is -2.58. The van der Waals surface area contributed by atoms with E-state index in [9.17, 15) is 18.0 Å². The molecule has 2 aromatic carbocycles. The predicted molar refractivity (Wildman–Crippen MR) is 119 cm³/mol. The van der Waals surface area contributed by atoms with E-state index in [-0.39, 0.29) is 5.91 Å². The summed E-state index contributed by atoms with van der Waals surface area (Å²) in [7, 11) is -3.75. The van der Waals surface area contributed by atoms with Crippen LogP contribution < -0.4 is 9.62 Å². The van der Waals surface area contributed by atoms with Gasteiger partial charge in [-0.1, -0.05) is 29.8 Å². The summed E-state index contributed by atoms with van der Waals surface area (Å²) >= 11 is 6.03. The Morgan fingerprint density at radius 1 is 1.13 bits per heavy atom. The van der Waals surface area contributed by atoms with E-state index in [1.165, 1.54) is 6.07 Å². The topological polar surface area (TPSA) is 86.8 Å². The highest BCUT2D eigenvalue weighted by Crippen LogP contribution is 2.26. The fraction of sp³-hybridized carbons (Fsp3) is 0.333. The summed E-state index contributed by atoms with van der Waals surface area (Å²) < 4.78 is 25.8. The molecule has 7 nitrogen and oxygen atoms in total.